The van der Waals surface area contributed by atoms with Crippen molar-refractivity contribution in [2.24, 2.45) is 0 Å². The van der Waals surface area contributed by atoms with E-state index in [1.807, 2.05) is 0 Å². The van der Waals surface area contributed by atoms with Gasteiger partial charge in [-0.25, -0.2) is 0 Å². The number of amides is 1. The Labute approximate surface area is 110 Å². The topological polar surface area (TPSA) is 106 Å². The summed E-state index contributed by atoms with van der Waals surface area (Å²) < 4.78 is 0. The zero-order chi connectivity index (χ0) is 14.3. The molecule has 0 radical (unpaired) electrons. The Hall–Kier alpha value is -2.34. The van der Waals surface area contributed by atoms with E-state index in [1.165, 1.54) is 29.6 Å². The highest BCUT2D eigenvalue weighted by Crippen LogP contribution is 2.13. The Bertz CT molecular complexity index is 456. The van der Waals surface area contributed by atoms with Crippen LogP contribution in [0.1, 0.15) is 6.42 Å². The zero-order valence-electron chi connectivity index (χ0n) is 10.3. The Morgan fingerprint density at radius 2 is 2.05 bits per heavy atom. The number of nitrogens with one attached hydrogen (secondary N) is 1. The van der Waals surface area contributed by atoms with Crippen LogP contribution in [0.2, 0.25) is 0 Å². The molecule has 0 unspecified atom stereocenters. The van der Waals surface area contributed by atoms with Gasteiger partial charge in [-0.2, -0.15) is 0 Å². The lowest BCUT2D eigenvalue weighted by molar-refractivity contribution is -0.674. The molecule has 6 nitrogen and oxygen atoms in total. The van der Waals surface area contributed by atoms with Crippen LogP contribution in [0.3, 0.4) is 0 Å². The third kappa shape index (κ3) is 5.22. The van der Waals surface area contributed by atoms with Gasteiger partial charge in [0.2, 0.25) is 5.91 Å². The van der Waals surface area contributed by atoms with Crippen molar-refractivity contribution in [1.82, 2.24) is 0 Å². The van der Waals surface area contributed by atoms with Gasteiger partial charge in [-0.3, -0.25) is 4.79 Å². The SMILES string of the molecule is C=CC[NH2+][C@@H](CC(=O)Nc1ccc(O)cc1)C(=O)[O-]. The number of carbonyl (C=O) groups excluding carboxylic acids is 2. The monoisotopic (exact) mass is 264 g/mol. The van der Waals surface area contributed by atoms with Gasteiger partial charge in [0, 0.05) is 5.69 Å². The van der Waals surface area contributed by atoms with Gasteiger partial charge in [0.05, 0.1) is 18.9 Å². The minimum atomic E-state index is -1.29. The molecule has 0 heterocycles. The molecule has 6 heteroatoms. The van der Waals surface area contributed by atoms with E-state index in [2.05, 4.69) is 11.9 Å². The Kier molecular flexibility index (Phi) is 5.56. The number of hydrogen-bond donors (Lipinski definition) is 3. The quantitative estimate of drug-likeness (QED) is 0.415. The number of benzene rings is 1. The molecule has 1 aromatic rings. The highest BCUT2D eigenvalue weighted by Gasteiger charge is 2.17. The first-order valence-corrected chi connectivity index (χ1v) is 5.77. The summed E-state index contributed by atoms with van der Waals surface area (Å²) in [5.74, 6) is -1.63. The highest BCUT2D eigenvalue weighted by atomic mass is 16.4. The van der Waals surface area contributed by atoms with E-state index >= 15 is 0 Å². The maximum atomic E-state index is 11.7. The lowest BCUT2D eigenvalue weighted by Gasteiger charge is -2.15. The molecule has 19 heavy (non-hydrogen) atoms. The van der Waals surface area contributed by atoms with Crippen molar-refractivity contribution >= 4 is 17.6 Å². The van der Waals surface area contributed by atoms with E-state index in [0.29, 0.717) is 12.2 Å². The van der Waals surface area contributed by atoms with Gasteiger partial charge < -0.3 is 25.6 Å². The maximum absolute atomic E-state index is 11.7. The minimum Gasteiger partial charge on any atom is -0.544 e. The van der Waals surface area contributed by atoms with Crippen molar-refractivity contribution in [2.45, 2.75) is 12.5 Å². The van der Waals surface area contributed by atoms with Gasteiger partial charge >= 0.3 is 0 Å². The summed E-state index contributed by atoms with van der Waals surface area (Å²) in [6.07, 6.45) is 1.35. The van der Waals surface area contributed by atoms with Crippen LogP contribution in [0.25, 0.3) is 0 Å². The number of aromatic hydroxyl groups is 1. The van der Waals surface area contributed by atoms with E-state index < -0.39 is 17.9 Å². The minimum absolute atomic E-state index is 0.0879. The standard InChI is InChI=1S/C13H16N2O4/c1-2-7-14-11(13(18)19)8-12(17)15-9-3-5-10(16)6-4-9/h2-6,11,14,16H,1,7-8H2,(H,15,17)(H,18,19)/t11-/m0/s1. The Balaban J connectivity index is 2.54. The number of phenolic OH excluding ortho intramolecular Hbond substituents is 1. The van der Waals surface area contributed by atoms with Crippen LogP contribution in [-0.4, -0.2) is 29.6 Å². The van der Waals surface area contributed by atoms with Crippen LogP contribution in [0.4, 0.5) is 5.69 Å². The summed E-state index contributed by atoms with van der Waals surface area (Å²) >= 11 is 0. The second-order valence-electron chi connectivity index (χ2n) is 3.98. The van der Waals surface area contributed by atoms with Crippen molar-refractivity contribution in [3.8, 4) is 5.75 Å². The van der Waals surface area contributed by atoms with E-state index in [4.69, 9.17) is 5.11 Å². The average molecular weight is 264 g/mol. The molecule has 0 fully saturated rings. The third-order valence-electron chi connectivity index (χ3n) is 2.45. The fraction of sp³-hybridized carbons (Fsp3) is 0.231. The summed E-state index contributed by atoms with van der Waals surface area (Å²) in [5.41, 5.74) is 0.489. The molecule has 0 aromatic heterocycles. The smallest absolute Gasteiger partial charge is 0.230 e. The van der Waals surface area contributed by atoms with Crippen LogP contribution in [-0.2, 0) is 9.59 Å². The van der Waals surface area contributed by atoms with Crippen molar-refractivity contribution in [1.29, 1.82) is 0 Å². The Morgan fingerprint density at radius 1 is 1.42 bits per heavy atom. The molecule has 0 aliphatic carbocycles. The second-order valence-corrected chi connectivity index (χ2v) is 3.98. The van der Waals surface area contributed by atoms with Crippen molar-refractivity contribution in [2.75, 3.05) is 11.9 Å². The molecule has 1 amide bonds. The molecule has 1 aromatic carbocycles. The molecule has 102 valence electrons. The molecule has 1 atom stereocenters. The van der Waals surface area contributed by atoms with E-state index in [-0.39, 0.29) is 12.2 Å². The van der Waals surface area contributed by atoms with Gasteiger partial charge in [-0.15, -0.1) is 0 Å². The molecule has 0 saturated carbocycles. The summed E-state index contributed by atoms with van der Waals surface area (Å²) in [4.78, 5) is 22.5. The van der Waals surface area contributed by atoms with Crippen molar-refractivity contribution in [3.63, 3.8) is 0 Å². The number of phenols is 1. The van der Waals surface area contributed by atoms with Crippen LogP contribution in [0.15, 0.2) is 36.9 Å². The molecule has 0 aliphatic heterocycles. The highest BCUT2D eigenvalue weighted by molar-refractivity contribution is 5.93. The van der Waals surface area contributed by atoms with E-state index in [0.717, 1.165) is 0 Å². The number of anilines is 1. The number of carboxylic acids is 1. The van der Waals surface area contributed by atoms with Crippen LogP contribution >= 0.6 is 0 Å². The van der Waals surface area contributed by atoms with Gasteiger partial charge in [0.1, 0.15) is 11.8 Å². The third-order valence-corrected chi connectivity index (χ3v) is 2.45. The van der Waals surface area contributed by atoms with Gasteiger partial charge in [-0.1, -0.05) is 6.58 Å². The van der Waals surface area contributed by atoms with Crippen LogP contribution < -0.4 is 15.7 Å². The zero-order valence-corrected chi connectivity index (χ0v) is 10.3. The molecule has 4 N–H and O–H groups in total. The van der Waals surface area contributed by atoms with Crippen LogP contribution in [0, 0.1) is 0 Å². The molecule has 0 saturated heterocycles. The molecule has 0 bridgehead atoms. The largest absolute Gasteiger partial charge is 0.544 e. The number of rotatable bonds is 7. The van der Waals surface area contributed by atoms with E-state index in [9.17, 15) is 14.7 Å². The average Bonchev–Trinajstić information content (AvgIpc) is 2.37. The molecular formula is C13H16N2O4. The second kappa shape index (κ2) is 7.17. The summed E-state index contributed by atoms with van der Waals surface area (Å²) in [5, 5.41) is 24.0. The van der Waals surface area contributed by atoms with Crippen molar-refractivity contribution in [3.05, 3.63) is 36.9 Å². The number of quaternary nitrogens is 1. The predicted octanol–water partition coefficient (Wildman–Crippen LogP) is -1.41. The summed E-state index contributed by atoms with van der Waals surface area (Å²) in [6.45, 7) is 3.87. The first-order valence-electron chi connectivity index (χ1n) is 5.77. The number of carboxylic acid groups (broad SMARTS) is 1. The first-order chi connectivity index (χ1) is 9.02. The lowest BCUT2D eigenvalue weighted by Crippen LogP contribution is -2.93. The van der Waals surface area contributed by atoms with Gasteiger partial charge in [0.15, 0.2) is 0 Å². The predicted molar refractivity (Wildman–Crippen MR) is 67.1 cm³/mol. The Morgan fingerprint density at radius 3 is 2.58 bits per heavy atom. The normalized spacial score (nSPS) is 11.6. The van der Waals surface area contributed by atoms with Crippen molar-refractivity contribution < 1.29 is 25.1 Å². The number of nitrogens with two attached hydrogens (primary N) is 1. The molecule has 1 rings (SSSR count). The molecular weight excluding hydrogens is 248 g/mol. The van der Waals surface area contributed by atoms with Crippen LogP contribution in [0.5, 0.6) is 5.75 Å². The number of hydrogen-bond acceptors (Lipinski definition) is 4. The van der Waals surface area contributed by atoms with Gasteiger partial charge in [-0.05, 0) is 30.3 Å². The van der Waals surface area contributed by atoms with E-state index in [1.54, 1.807) is 6.08 Å². The fourth-order valence-electron chi connectivity index (χ4n) is 1.48. The molecule has 0 aliphatic rings. The lowest BCUT2D eigenvalue weighted by atomic mass is 10.2. The summed E-state index contributed by atoms with van der Waals surface area (Å²) in [6, 6.07) is 4.95. The molecule has 0 spiro atoms. The van der Waals surface area contributed by atoms with Gasteiger partial charge in [0.25, 0.3) is 0 Å². The number of aliphatic carboxylic acids is 1. The first kappa shape index (κ1) is 14.7. The fourth-order valence-corrected chi connectivity index (χ4v) is 1.48. The summed E-state index contributed by atoms with van der Waals surface area (Å²) in [7, 11) is 0. The maximum Gasteiger partial charge on any atom is 0.230 e. The number of carbonyl (C=O) groups is 2.